The number of nitrogens with zero attached hydrogens (tertiary/aromatic N) is 3. The maximum atomic E-state index is 6.03. The fourth-order valence-corrected chi connectivity index (χ4v) is 2.99. The SMILES string of the molecule is Cc1ccc(CN(Cc2cn3cc(Cl)ccc3n2)C2CC2)o1. The highest BCUT2D eigenvalue weighted by Gasteiger charge is 2.30. The molecule has 1 aliphatic carbocycles. The Balaban J connectivity index is 1.55. The van der Waals surface area contributed by atoms with E-state index in [1.807, 2.05) is 35.7 Å². The van der Waals surface area contributed by atoms with Crippen LogP contribution in [0, 0.1) is 6.92 Å². The second kappa shape index (κ2) is 5.45. The minimum Gasteiger partial charge on any atom is -0.465 e. The lowest BCUT2D eigenvalue weighted by atomic mass is 10.3. The van der Waals surface area contributed by atoms with Gasteiger partial charge in [-0.3, -0.25) is 4.90 Å². The van der Waals surface area contributed by atoms with E-state index >= 15 is 0 Å². The Kier molecular flexibility index (Phi) is 3.43. The average Bonchev–Trinajstić information content (AvgIpc) is 3.14. The molecule has 0 bridgehead atoms. The van der Waals surface area contributed by atoms with Crippen molar-refractivity contribution >= 4 is 17.2 Å². The van der Waals surface area contributed by atoms with Crippen LogP contribution in [0.15, 0.2) is 41.1 Å². The number of hydrogen-bond donors (Lipinski definition) is 0. The van der Waals surface area contributed by atoms with Crippen molar-refractivity contribution in [2.45, 2.75) is 38.9 Å². The summed E-state index contributed by atoms with van der Waals surface area (Å²) in [5.74, 6) is 1.99. The molecule has 0 aromatic carbocycles. The molecule has 1 aliphatic rings. The molecule has 3 aromatic heterocycles. The Bertz CT molecular complexity index is 803. The van der Waals surface area contributed by atoms with E-state index in [9.17, 15) is 0 Å². The van der Waals surface area contributed by atoms with Gasteiger partial charge in [0.05, 0.1) is 17.3 Å². The molecule has 0 spiro atoms. The van der Waals surface area contributed by atoms with E-state index in [0.717, 1.165) is 41.0 Å². The number of aromatic nitrogens is 2. The number of imidazole rings is 1. The number of halogens is 1. The van der Waals surface area contributed by atoms with Gasteiger partial charge in [0.15, 0.2) is 0 Å². The van der Waals surface area contributed by atoms with Gasteiger partial charge in [-0.2, -0.15) is 0 Å². The van der Waals surface area contributed by atoms with Crippen LogP contribution < -0.4 is 0 Å². The third-order valence-electron chi connectivity index (χ3n) is 4.05. The van der Waals surface area contributed by atoms with Gasteiger partial charge in [-0.25, -0.2) is 4.98 Å². The van der Waals surface area contributed by atoms with Gasteiger partial charge in [0.1, 0.15) is 17.2 Å². The molecule has 4 rings (SSSR count). The van der Waals surface area contributed by atoms with Crippen molar-refractivity contribution in [1.29, 1.82) is 0 Å². The molecule has 4 nitrogen and oxygen atoms in total. The number of hydrogen-bond acceptors (Lipinski definition) is 3. The van der Waals surface area contributed by atoms with Crippen LogP contribution in [0.5, 0.6) is 0 Å². The molecule has 0 unspecified atom stereocenters. The molecule has 0 N–H and O–H groups in total. The van der Waals surface area contributed by atoms with E-state index in [1.54, 1.807) is 0 Å². The lowest BCUT2D eigenvalue weighted by molar-refractivity contribution is 0.221. The molecule has 5 heteroatoms. The highest BCUT2D eigenvalue weighted by molar-refractivity contribution is 6.30. The molecule has 3 heterocycles. The Morgan fingerprint density at radius 2 is 2.09 bits per heavy atom. The van der Waals surface area contributed by atoms with Gasteiger partial charge in [0.25, 0.3) is 0 Å². The van der Waals surface area contributed by atoms with Crippen LogP contribution in [0.25, 0.3) is 5.65 Å². The second-order valence-corrected chi connectivity index (χ2v) is 6.43. The number of aryl methyl sites for hydroxylation is 1. The lowest BCUT2D eigenvalue weighted by Gasteiger charge is -2.19. The van der Waals surface area contributed by atoms with E-state index in [2.05, 4.69) is 22.1 Å². The molecule has 0 aliphatic heterocycles. The molecular formula is C17H18ClN3O. The zero-order valence-electron chi connectivity index (χ0n) is 12.5. The van der Waals surface area contributed by atoms with E-state index < -0.39 is 0 Å². The van der Waals surface area contributed by atoms with Gasteiger partial charge in [0, 0.05) is 25.0 Å². The molecule has 3 aromatic rings. The molecule has 0 saturated heterocycles. The fraction of sp³-hybridized carbons (Fsp3) is 0.353. The largest absolute Gasteiger partial charge is 0.465 e. The van der Waals surface area contributed by atoms with E-state index in [0.29, 0.717) is 6.04 Å². The summed E-state index contributed by atoms with van der Waals surface area (Å²) in [7, 11) is 0. The Labute approximate surface area is 134 Å². The summed E-state index contributed by atoms with van der Waals surface area (Å²) < 4.78 is 7.71. The number of fused-ring (bicyclic) bond motifs is 1. The second-order valence-electron chi connectivity index (χ2n) is 5.99. The van der Waals surface area contributed by atoms with Gasteiger partial charge >= 0.3 is 0 Å². The molecule has 1 saturated carbocycles. The summed E-state index contributed by atoms with van der Waals surface area (Å²) in [6.45, 7) is 3.66. The van der Waals surface area contributed by atoms with Crippen molar-refractivity contribution < 1.29 is 4.42 Å². The third kappa shape index (κ3) is 2.89. The number of rotatable bonds is 5. The first-order chi connectivity index (χ1) is 10.7. The molecular weight excluding hydrogens is 298 g/mol. The summed E-state index contributed by atoms with van der Waals surface area (Å²) in [6.07, 6.45) is 6.48. The van der Waals surface area contributed by atoms with Crippen molar-refractivity contribution in [1.82, 2.24) is 14.3 Å². The zero-order valence-corrected chi connectivity index (χ0v) is 13.3. The minimum atomic E-state index is 0.652. The van der Waals surface area contributed by atoms with Crippen LogP contribution in [-0.4, -0.2) is 20.3 Å². The van der Waals surface area contributed by atoms with Crippen LogP contribution in [0.2, 0.25) is 5.02 Å². The zero-order chi connectivity index (χ0) is 15.1. The van der Waals surface area contributed by atoms with Crippen molar-refractivity contribution in [3.63, 3.8) is 0 Å². The summed E-state index contributed by atoms with van der Waals surface area (Å²) in [5, 5.41) is 0.724. The first-order valence-electron chi connectivity index (χ1n) is 7.60. The van der Waals surface area contributed by atoms with Gasteiger partial charge in [0.2, 0.25) is 0 Å². The Morgan fingerprint density at radius 3 is 2.82 bits per heavy atom. The molecule has 0 atom stereocenters. The fourth-order valence-electron chi connectivity index (χ4n) is 2.83. The highest BCUT2D eigenvalue weighted by atomic mass is 35.5. The van der Waals surface area contributed by atoms with Crippen LogP contribution >= 0.6 is 11.6 Å². The first kappa shape index (κ1) is 13.9. The summed E-state index contributed by atoms with van der Waals surface area (Å²) in [6, 6.07) is 8.56. The van der Waals surface area contributed by atoms with Crippen molar-refractivity contribution in [2.24, 2.45) is 0 Å². The smallest absolute Gasteiger partial charge is 0.137 e. The maximum absolute atomic E-state index is 6.03. The van der Waals surface area contributed by atoms with Gasteiger partial charge in [-0.15, -0.1) is 0 Å². The predicted octanol–water partition coefficient (Wildman–Crippen LogP) is 4.05. The van der Waals surface area contributed by atoms with E-state index in [4.69, 9.17) is 16.0 Å². The van der Waals surface area contributed by atoms with E-state index in [1.165, 1.54) is 12.8 Å². The van der Waals surface area contributed by atoms with Gasteiger partial charge in [-0.05, 0) is 44.0 Å². The van der Waals surface area contributed by atoms with Crippen LogP contribution in [0.3, 0.4) is 0 Å². The predicted molar refractivity (Wildman–Crippen MR) is 85.9 cm³/mol. The quantitative estimate of drug-likeness (QED) is 0.712. The van der Waals surface area contributed by atoms with Gasteiger partial charge in [-0.1, -0.05) is 11.6 Å². The summed E-state index contributed by atoms with van der Waals surface area (Å²) in [4.78, 5) is 7.13. The monoisotopic (exact) mass is 315 g/mol. The van der Waals surface area contributed by atoms with Crippen LogP contribution in [0.4, 0.5) is 0 Å². The van der Waals surface area contributed by atoms with Gasteiger partial charge < -0.3 is 8.82 Å². The van der Waals surface area contributed by atoms with Crippen LogP contribution in [-0.2, 0) is 13.1 Å². The highest BCUT2D eigenvalue weighted by Crippen LogP contribution is 2.30. The average molecular weight is 316 g/mol. The lowest BCUT2D eigenvalue weighted by Crippen LogP contribution is -2.25. The molecule has 0 amide bonds. The maximum Gasteiger partial charge on any atom is 0.137 e. The molecule has 114 valence electrons. The third-order valence-corrected chi connectivity index (χ3v) is 4.27. The van der Waals surface area contributed by atoms with Crippen molar-refractivity contribution in [2.75, 3.05) is 0 Å². The van der Waals surface area contributed by atoms with Crippen molar-refractivity contribution in [3.05, 3.63) is 58.9 Å². The van der Waals surface area contributed by atoms with E-state index in [-0.39, 0.29) is 0 Å². The van der Waals surface area contributed by atoms with Crippen molar-refractivity contribution in [3.8, 4) is 0 Å². The van der Waals surface area contributed by atoms with Crippen LogP contribution in [0.1, 0.15) is 30.1 Å². The number of furan rings is 1. The normalized spacial score (nSPS) is 15.0. The standard InChI is InChI=1S/C17H18ClN3O/c1-12-2-6-16(22-12)11-20(15-4-5-15)9-14-10-21-8-13(18)3-7-17(21)19-14/h2-3,6-8,10,15H,4-5,9,11H2,1H3. The molecule has 0 radical (unpaired) electrons. The minimum absolute atomic E-state index is 0.652. The topological polar surface area (TPSA) is 33.7 Å². The summed E-state index contributed by atoms with van der Waals surface area (Å²) >= 11 is 6.03. The number of pyridine rings is 1. The first-order valence-corrected chi connectivity index (χ1v) is 7.98. The Hall–Kier alpha value is -1.78. The Morgan fingerprint density at radius 1 is 1.23 bits per heavy atom. The molecule has 1 fully saturated rings. The summed E-state index contributed by atoms with van der Waals surface area (Å²) in [5.41, 5.74) is 2.00. The molecule has 22 heavy (non-hydrogen) atoms.